The van der Waals surface area contributed by atoms with Gasteiger partial charge in [-0.3, -0.25) is 9.69 Å². The highest BCUT2D eigenvalue weighted by Crippen LogP contribution is 2.34. The van der Waals surface area contributed by atoms with Crippen molar-refractivity contribution < 1.29 is 14.3 Å². The van der Waals surface area contributed by atoms with E-state index in [-0.39, 0.29) is 18.7 Å². The summed E-state index contributed by atoms with van der Waals surface area (Å²) in [6, 6.07) is 13.7. The van der Waals surface area contributed by atoms with E-state index < -0.39 is 0 Å². The maximum Gasteiger partial charge on any atom is 0.238 e. The average molecular weight is 419 g/mol. The van der Waals surface area contributed by atoms with Gasteiger partial charge in [0.1, 0.15) is 0 Å². The first-order valence-electron chi connectivity index (χ1n) is 8.76. The van der Waals surface area contributed by atoms with Crippen LogP contribution in [-0.4, -0.2) is 30.7 Å². The van der Waals surface area contributed by atoms with Crippen molar-refractivity contribution in [3.8, 4) is 11.5 Å². The van der Waals surface area contributed by atoms with E-state index in [1.165, 1.54) is 5.56 Å². The van der Waals surface area contributed by atoms with Crippen molar-refractivity contribution in [2.24, 2.45) is 0 Å². The van der Waals surface area contributed by atoms with Crippen LogP contribution in [-0.2, 0) is 4.79 Å². The standard InChI is InChI=1S/C20H23BrN2O3/c1-3-10-23(14(2)16-6-4-5-7-17(16)21)12-20(24)22-15-8-9-18-19(11-15)26-13-25-18/h4-9,11,14H,3,10,12-13H2,1-2H3,(H,22,24). The lowest BCUT2D eigenvalue weighted by Crippen LogP contribution is -2.36. The molecule has 0 fully saturated rings. The average Bonchev–Trinajstić information content (AvgIpc) is 3.09. The maximum atomic E-state index is 12.6. The van der Waals surface area contributed by atoms with Gasteiger partial charge >= 0.3 is 0 Å². The molecule has 0 spiro atoms. The quantitative estimate of drug-likeness (QED) is 0.714. The third-order valence-electron chi connectivity index (χ3n) is 4.42. The van der Waals surface area contributed by atoms with E-state index in [0.29, 0.717) is 23.7 Å². The van der Waals surface area contributed by atoms with Crippen LogP contribution in [0.3, 0.4) is 0 Å². The van der Waals surface area contributed by atoms with Crippen molar-refractivity contribution in [2.75, 3.05) is 25.2 Å². The smallest absolute Gasteiger partial charge is 0.238 e. The highest BCUT2D eigenvalue weighted by Gasteiger charge is 2.20. The Morgan fingerprint density at radius 2 is 2.00 bits per heavy atom. The number of fused-ring (bicyclic) bond motifs is 1. The number of rotatable bonds is 7. The molecule has 0 aliphatic carbocycles. The number of ether oxygens (including phenoxy) is 2. The largest absolute Gasteiger partial charge is 0.454 e. The molecule has 0 aromatic heterocycles. The molecule has 5 nitrogen and oxygen atoms in total. The van der Waals surface area contributed by atoms with Crippen LogP contribution in [0.15, 0.2) is 46.9 Å². The van der Waals surface area contributed by atoms with Crippen LogP contribution in [0.4, 0.5) is 5.69 Å². The Bertz CT molecular complexity index is 781. The highest BCUT2D eigenvalue weighted by atomic mass is 79.9. The Morgan fingerprint density at radius 3 is 2.77 bits per heavy atom. The molecule has 1 heterocycles. The summed E-state index contributed by atoms with van der Waals surface area (Å²) in [5.41, 5.74) is 1.89. The van der Waals surface area contributed by atoms with Crippen molar-refractivity contribution in [3.05, 3.63) is 52.5 Å². The fraction of sp³-hybridized carbons (Fsp3) is 0.350. The van der Waals surface area contributed by atoms with Gasteiger partial charge in [0, 0.05) is 22.3 Å². The zero-order chi connectivity index (χ0) is 18.5. The summed E-state index contributed by atoms with van der Waals surface area (Å²) in [4.78, 5) is 14.8. The first-order chi connectivity index (χ1) is 12.6. The molecule has 1 aliphatic heterocycles. The molecule has 26 heavy (non-hydrogen) atoms. The van der Waals surface area contributed by atoms with Crippen molar-refractivity contribution in [1.82, 2.24) is 4.90 Å². The van der Waals surface area contributed by atoms with Crippen LogP contribution >= 0.6 is 15.9 Å². The van der Waals surface area contributed by atoms with Gasteiger partial charge in [-0.15, -0.1) is 0 Å². The first kappa shape index (κ1) is 18.7. The number of anilines is 1. The van der Waals surface area contributed by atoms with Crippen LogP contribution in [0.25, 0.3) is 0 Å². The van der Waals surface area contributed by atoms with E-state index in [4.69, 9.17) is 9.47 Å². The number of nitrogens with zero attached hydrogens (tertiary/aromatic N) is 1. The van der Waals surface area contributed by atoms with Gasteiger partial charge in [-0.1, -0.05) is 41.1 Å². The van der Waals surface area contributed by atoms with Crippen LogP contribution in [0.1, 0.15) is 31.9 Å². The van der Waals surface area contributed by atoms with E-state index in [2.05, 4.69) is 46.1 Å². The summed E-state index contributed by atoms with van der Waals surface area (Å²) in [5, 5.41) is 2.95. The number of hydrogen-bond donors (Lipinski definition) is 1. The maximum absolute atomic E-state index is 12.6. The second kappa shape index (κ2) is 8.56. The van der Waals surface area contributed by atoms with Crippen LogP contribution in [0.5, 0.6) is 11.5 Å². The second-order valence-corrected chi connectivity index (χ2v) is 7.14. The Kier molecular flexibility index (Phi) is 6.16. The van der Waals surface area contributed by atoms with E-state index in [0.717, 1.165) is 17.4 Å². The monoisotopic (exact) mass is 418 g/mol. The fourth-order valence-corrected chi connectivity index (χ4v) is 3.68. The van der Waals surface area contributed by atoms with Crippen LogP contribution < -0.4 is 14.8 Å². The number of carbonyl (C=O) groups excluding carboxylic acids is 1. The molecule has 0 saturated heterocycles. The summed E-state index contributed by atoms with van der Waals surface area (Å²) in [5.74, 6) is 1.32. The Morgan fingerprint density at radius 1 is 1.23 bits per heavy atom. The van der Waals surface area contributed by atoms with Gasteiger partial charge in [-0.05, 0) is 43.7 Å². The van der Waals surface area contributed by atoms with E-state index in [1.807, 2.05) is 30.3 Å². The Hall–Kier alpha value is -2.05. The van der Waals surface area contributed by atoms with Crippen LogP contribution in [0.2, 0.25) is 0 Å². The lowest BCUT2D eigenvalue weighted by molar-refractivity contribution is -0.117. The minimum atomic E-state index is -0.0452. The number of amides is 1. The molecule has 1 atom stereocenters. The van der Waals surface area contributed by atoms with E-state index in [1.54, 1.807) is 6.07 Å². The SMILES string of the molecule is CCCN(CC(=O)Nc1ccc2c(c1)OCO2)C(C)c1ccccc1Br. The molecule has 1 amide bonds. The predicted molar refractivity (Wildman–Crippen MR) is 106 cm³/mol. The van der Waals surface area contributed by atoms with Crippen molar-refractivity contribution in [2.45, 2.75) is 26.3 Å². The summed E-state index contributed by atoms with van der Waals surface area (Å²) in [6.45, 7) is 5.64. The lowest BCUT2D eigenvalue weighted by atomic mass is 10.1. The third-order valence-corrected chi connectivity index (χ3v) is 5.14. The normalized spacial score (nSPS) is 13.7. The molecule has 0 saturated carbocycles. The van der Waals surface area contributed by atoms with Gasteiger partial charge in [-0.2, -0.15) is 0 Å². The summed E-state index contributed by atoms with van der Waals surface area (Å²) in [7, 11) is 0. The zero-order valence-electron chi connectivity index (χ0n) is 15.0. The van der Waals surface area contributed by atoms with Gasteiger partial charge in [0.05, 0.1) is 6.54 Å². The number of halogens is 1. The lowest BCUT2D eigenvalue weighted by Gasteiger charge is -2.29. The first-order valence-corrected chi connectivity index (χ1v) is 9.55. The highest BCUT2D eigenvalue weighted by molar-refractivity contribution is 9.10. The molecule has 2 aromatic rings. The number of carbonyl (C=O) groups is 1. The van der Waals surface area contributed by atoms with Crippen LogP contribution in [0, 0.1) is 0 Å². The second-order valence-electron chi connectivity index (χ2n) is 6.28. The minimum absolute atomic E-state index is 0.0452. The van der Waals surface area contributed by atoms with Crippen molar-refractivity contribution in [1.29, 1.82) is 0 Å². The van der Waals surface area contributed by atoms with Gasteiger partial charge in [0.25, 0.3) is 0 Å². The molecular weight excluding hydrogens is 396 g/mol. The molecule has 0 bridgehead atoms. The summed E-state index contributed by atoms with van der Waals surface area (Å²) in [6.07, 6.45) is 0.978. The van der Waals surface area contributed by atoms with Gasteiger partial charge in [0.2, 0.25) is 12.7 Å². The Balaban J connectivity index is 1.67. The minimum Gasteiger partial charge on any atom is -0.454 e. The number of hydrogen-bond acceptors (Lipinski definition) is 4. The van der Waals surface area contributed by atoms with Gasteiger partial charge in [-0.25, -0.2) is 0 Å². The molecule has 1 unspecified atom stereocenters. The Labute approximate surface area is 162 Å². The molecule has 138 valence electrons. The van der Waals surface area contributed by atoms with E-state index >= 15 is 0 Å². The molecule has 1 N–H and O–H groups in total. The molecular formula is C20H23BrN2O3. The van der Waals surface area contributed by atoms with Crippen molar-refractivity contribution in [3.63, 3.8) is 0 Å². The molecule has 3 rings (SSSR count). The zero-order valence-corrected chi connectivity index (χ0v) is 16.6. The van der Waals surface area contributed by atoms with Gasteiger partial charge < -0.3 is 14.8 Å². The molecule has 2 aromatic carbocycles. The third kappa shape index (κ3) is 4.37. The topological polar surface area (TPSA) is 50.8 Å². The molecule has 6 heteroatoms. The van der Waals surface area contributed by atoms with Crippen molar-refractivity contribution >= 4 is 27.5 Å². The van der Waals surface area contributed by atoms with Gasteiger partial charge in [0.15, 0.2) is 11.5 Å². The predicted octanol–water partition coefficient (Wildman–Crippen LogP) is 4.59. The number of nitrogens with one attached hydrogen (secondary N) is 1. The molecule has 1 aliphatic rings. The summed E-state index contributed by atoms with van der Waals surface area (Å²) < 4.78 is 11.7. The fourth-order valence-electron chi connectivity index (χ4n) is 3.07. The summed E-state index contributed by atoms with van der Waals surface area (Å²) >= 11 is 3.61. The number of benzene rings is 2. The van der Waals surface area contributed by atoms with E-state index in [9.17, 15) is 4.79 Å². The molecule has 0 radical (unpaired) electrons.